The van der Waals surface area contributed by atoms with Crippen molar-refractivity contribution in [2.75, 3.05) is 0 Å². The number of hydrogen-bond acceptors (Lipinski definition) is 4. The first-order chi connectivity index (χ1) is 14.5. The van der Waals surface area contributed by atoms with Crippen molar-refractivity contribution in [1.82, 2.24) is 0 Å². The Morgan fingerprint density at radius 1 is 0.839 bits per heavy atom. The predicted molar refractivity (Wildman–Crippen MR) is 111 cm³/mol. The molecule has 3 aromatic rings. The maximum atomic E-state index is 13.6. The van der Waals surface area contributed by atoms with Crippen LogP contribution in [0.25, 0.3) is 0 Å². The van der Waals surface area contributed by atoms with E-state index in [2.05, 4.69) is 0 Å². The lowest BCUT2D eigenvalue weighted by molar-refractivity contribution is -0.385. The molecule has 0 aliphatic carbocycles. The summed E-state index contributed by atoms with van der Waals surface area (Å²) in [5.74, 6) is -0.825. The first-order valence-electron chi connectivity index (χ1n) is 8.73. The third kappa shape index (κ3) is 5.21. The summed E-state index contributed by atoms with van der Waals surface area (Å²) in [5, 5.41) is 12.3. The monoisotopic (exact) mass is 471 g/mol. The molecule has 0 atom stereocenters. The van der Waals surface area contributed by atoms with Crippen LogP contribution in [0.2, 0.25) is 10.0 Å². The van der Waals surface area contributed by atoms with Crippen molar-refractivity contribution >= 4 is 28.9 Å². The first-order valence-corrected chi connectivity index (χ1v) is 9.49. The standard InChI is InChI=1S/C21H14Cl2F3NO4/c1-11-7-13(3-5-16(11)22)30-19-10-20(31-14-4-6-17(23)12(2)8-14)18(27(28)29)9-15(19)21(24,25)26/h3-10H,1-2H3. The fraction of sp³-hybridized carbons (Fsp3) is 0.143. The van der Waals surface area contributed by atoms with E-state index in [-0.39, 0.29) is 11.5 Å². The number of halogens is 5. The molecule has 31 heavy (non-hydrogen) atoms. The van der Waals surface area contributed by atoms with Crippen LogP contribution in [0.4, 0.5) is 18.9 Å². The van der Waals surface area contributed by atoms with E-state index >= 15 is 0 Å². The van der Waals surface area contributed by atoms with E-state index in [1.807, 2.05) is 0 Å². The summed E-state index contributed by atoms with van der Waals surface area (Å²) in [6.45, 7) is 3.35. The molecule has 0 saturated carbocycles. The van der Waals surface area contributed by atoms with Gasteiger partial charge in [0.25, 0.3) is 0 Å². The van der Waals surface area contributed by atoms with E-state index in [1.54, 1.807) is 13.8 Å². The Morgan fingerprint density at radius 3 is 1.74 bits per heavy atom. The van der Waals surface area contributed by atoms with Crippen molar-refractivity contribution in [2.24, 2.45) is 0 Å². The van der Waals surface area contributed by atoms with Gasteiger partial charge in [0.1, 0.15) is 22.8 Å². The predicted octanol–water partition coefficient (Wildman–Crippen LogP) is 8.12. The highest BCUT2D eigenvalue weighted by atomic mass is 35.5. The minimum atomic E-state index is -4.91. The maximum absolute atomic E-state index is 13.6. The highest BCUT2D eigenvalue weighted by Crippen LogP contribution is 2.45. The van der Waals surface area contributed by atoms with E-state index in [9.17, 15) is 23.3 Å². The summed E-state index contributed by atoms with van der Waals surface area (Å²) in [7, 11) is 0. The molecule has 0 fully saturated rings. The van der Waals surface area contributed by atoms with Crippen LogP contribution < -0.4 is 9.47 Å². The van der Waals surface area contributed by atoms with Gasteiger partial charge in [-0.1, -0.05) is 23.2 Å². The molecular weight excluding hydrogens is 458 g/mol. The second-order valence-electron chi connectivity index (χ2n) is 6.60. The molecule has 0 unspecified atom stereocenters. The molecule has 5 nitrogen and oxygen atoms in total. The summed E-state index contributed by atoms with van der Waals surface area (Å²) in [4.78, 5) is 10.5. The van der Waals surface area contributed by atoms with Crippen molar-refractivity contribution in [3.8, 4) is 23.0 Å². The van der Waals surface area contributed by atoms with Crippen molar-refractivity contribution in [3.63, 3.8) is 0 Å². The van der Waals surface area contributed by atoms with Gasteiger partial charge in [-0.25, -0.2) is 0 Å². The Morgan fingerprint density at radius 2 is 1.32 bits per heavy atom. The van der Waals surface area contributed by atoms with Gasteiger partial charge in [0.2, 0.25) is 5.75 Å². The lowest BCUT2D eigenvalue weighted by Crippen LogP contribution is -2.09. The molecule has 0 N–H and O–H groups in total. The van der Waals surface area contributed by atoms with E-state index in [0.29, 0.717) is 27.2 Å². The van der Waals surface area contributed by atoms with Crippen LogP contribution in [0, 0.1) is 24.0 Å². The molecule has 10 heteroatoms. The number of benzene rings is 3. The van der Waals surface area contributed by atoms with Gasteiger partial charge >= 0.3 is 11.9 Å². The van der Waals surface area contributed by atoms with Crippen LogP contribution in [0.3, 0.4) is 0 Å². The molecular formula is C21H14Cl2F3NO4. The average Bonchev–Trinajstić information content (AvgIpc) is 2.66. The summed E-state index contributed by atoms with van der Waals surface area (Å²) < 4.78 is 51.8. The molecule has 0 aromatic heterocycles. The molecule has 0 heterocycles. The zero-order valence-corrected chi connectivity index (χ0v) is 17.6. The van der Waals surface area contributed by atoms with Crippen LogP contribution in [0.5, 0.6) is 23.0 Å². The van der Waals surface area contributed by atoms with Gasteiger partial charge < -0.3 is 9.47 Å². The second kappa shape index (κ2) is 8.64. The summed E-state index contributed by atoms with van der Waals surface area (Å²) in [5.41, 5.74) is -0.962. The molecule has 0 aliphatic heterocycles. The van der Waals surface area contributed by atoms with E-state index < -0.39 is 33.8 Å². The minimum Gasteiger partial charge on any atom is -0.457 e. The van der Waals surface area contributed by atoms with Crippen molar-refractivity contribution in [3.05, 3.63) is 85.4 Å². The Hall–Kier alpha value is -2.97. The Balaban J connectivity index is 2.12. The Bertz CT molecular complexity index is 1170. The van der Waals surface area contributed by atoms with Crippen molar-refractivity contribution in [1.29, 1.82) is 0 Å². The minimum absolute atomic E-state index is 0.0783. The number of aryl methyl sites for hydroxylation is 2. The van der Waals surface area contributed by atoms with Gasteiger partial charge in [0, 0.05) is 22.2 Å². The third-order valence-corrected chi connectivity index (χ3v) is 5.13. The lowest BCUT2D eigenvalue weighted by atomic mass is 10.1. The van der Waals surface area contributed by atoms with E-state index in [0.717, 1.165) is 6.07 Å². The van der Waals surface area contributed by atoms with Crippen LogP contribution in [0.1, 0.15) is 16.7 Å². The van der Waals surface area contributed by atoms with Gasteiger partial charge in [-0.2, -0.15) is 13.2 Å². The number of rotatable bonds is 5. The number of ether oxygens (including phenoxy) is 2. The highest BCUT2D eigenvalue weighted by Gasteiger charge is 2.38. The van der Waals surface area contributed by atoms with Gasteiger partial charge in [-0.15, -0.1) is 0 Å². The zero-order chi connectivity index (χ0) is 22.9. The normalized spacial score (nSPS) is 11.3. The van der Waals surface area contributed by atoms with Gasteiger partial charge in [-0.05, 0) is 61.4 Å². The molecule has 0 aliphatic rings. The van der Waals surface area contributed by atoms with Crippen LogP contribution >= 0.6 is 23.2 Å². The van der Waals surface area contributed by atoms with Crippen molar-refractivity contribution in [2.45, 2.75) is 20.0 Å². The lowest BCUT2D eigenvalue weighted by Gasteiger charge is -2.16. The Kier molecular flexibility index (Phi) is 6.33. The fourth-order valence-corrected chi connectivity index (χ4v) is 2.93. The number of nitro benzene ring substituents is 1. The second-order valence-corrected chi connectivity index (χ2v) is 7.41. The molecule has 0 bridgehead atoms. The van der Waals surface area contributed by atoms with Crippen LogP contribution in [-0.4, -0.2) is 4.92 Å². The highest BCUT2D eigenvalue weighted by molar-refractivity contribution is 6.31. The fourth-order valence-electron chi connectivity index (χ4n) is 2.70. The zero-order valence-electron chi connectivity index (χ0n) is 16.1. The van der Waals surface area contributed by atoms with Gasteiger partial charge in [0.05, 0.1) is 4.92 Å². The van der Waals surface area contributed by atoms with Crippen molar-refractivity contribution < 1.29 is 27.6 Å². The summed E-state index contributed by atoms with van der Waals surface area (Å²) in [6, 6.07) is 10.00. The maximum Gasteiger partial charge on any atom is 0.420 e. The number of hydrogen-bond donors (Lipinski definition) is 0. The van der Waals surface area contributed by atoms with Gasteiger partial charge in [-0.3, -0.25) is 10.1 Å². The molecule has 3 rings (SSSR count). The molecule has 0 saturated heterocycles. The topological polar surface area (TPSA) is 61.6 Å². The van der Waals surface area contributed by atoms with E-state index in [1.165, 1.54) is 36.4 Å². The first kappa shape index (κ1) is 22.7. The largest absolute Gasteiger partial charge is 0.457 e. The van der Waals surface area contributed by atoms with E-state index in [4.69, 9.17) is 32.7 Å². The number of nitro groups is 1. The molecule has 162 valence electrons. The van der Waals surface area contributed by atoms with Gasteiger partial charge in [0.15, 0.2) is 0 Å². The summed E-state index contributed by atoms with van der Waals surface area (Å²) in [6.07, 6.45) is -4.91. The third-order valence-electron chi connectivity index (χ3n) is 4.28. The molecule has 0 amide bonds. The SMILES string of the molecule is Cc1cc(Oc2cc(Oc3ccc(Cl)c(C)c3)c(C(F)(F)F)cc2[N+](=O)[O-])ccc1Cl. The summed E-state index contributed by atoms with van der Waals surface area (Å²) >= 11 is 11.9. The molecule has 3 aromatic carbocycles. The smallest absolute Gasteiger partial charge is 0.420 e. The molecule has 0 radical (unpaired) electrons. The van der Waals surface area contributed by atoms with Crippen LogP contribution in [0.15, 0.2) is 48.5 Å². The number of nitrogens with zero attached hydrogens (tertiary/aromatic N) is 1. The average molecular weight is 472 g/mol. The Labute approximate surface area is 185 Å². The molecule has 0 spiro atoms. The quantitative estimate of drug-likeness (QED) is 0.278. The number of alkyl halides is 3. The van der Waals surface area contributed by atoms with Crippen LogP contribution in [-0.2, 0) is 6.18 Å².